The van der Waals surface area contributed by atoms with Gasteiger partial charge in [0.05, 0.1) is 6.10 Å². The minimum Gasteiger partial charge on any atom is -0.433 e. The van der Waals surface area contributed by atoms with Crippen LogP contribution in [0.5, 0.6) is 5.75 Å². The maximum absolute atomic E-state index is 14.0. The van der Waals surface area contributed by atoms with Crippen LogP contribution in [0.3, 0.4) is 0 Å². The van der Waals surface area contributed by atoms with Crippen LogP contribution in [0.25, 0.3) is 0 Å². The van der Waals surface area contributed by atoms with Crippen molar-refractivity contribution in [2.75, 3.05) is 0 Å². The van der Waals surface area contributed by atoms with Crippen molar-refractivity contribution in [3.05, 3.63) is 101 Å². The van der Waals surface area contributed by atoms with Crippen molar-refractivity contribution in [2.45, 2.75) is 95.1 Å². The van der Waals surface area contributed by atoms with E-state index in [1.807, 2.05) is 0 Å². The monoisotopic (exact) mass is 755 g/mol. The van der Waals surface area contributed by atoms with Gasteiger partial charge in [-0.2, -0.15) is 0 Å². The van der Waals surface area contributed by atoms with Crippen LogP contribution < -0.4 is 15.4 Å². The van der Waals surface area contributed by atoms with E-state index in [-0.39, 0.29) is 29.9 Å². The average Bonchev–Trinajstić information content (AvgIpc) is 3.08. The van der Waals surface area contributed by atoms with Gasteiger partial charge in [-0.3, -0.25) is 19.8 Å². The fraction of sp³-hybridized carbons (Fsp3) is 0.447. The molecule has 4 rings (SSSR count). The number of aryl methyl sites for hydroxylation is 2. The number of nitrogens with zero attached hydrogens (tertiary/aromatic N) is 1. The fourth-order valence-electron chi connectivity index (χ4n) is 6.53. The number of hydrogen-bond acceptors (Lipinski definition) is 13. The summed E-state index contributed by atoms with van der Waals surface area (Å²) in [4.78, 5) is 40.4. The highest BCUT2D eigenvalue weighted by atomic mass is 16.8. The normalized spacial score (nSPS) is 18.6. The van der Waals surface area contributed by atoms with Gasteiger partial charge in [-0.05, 0) is 67.2 Å². The van der Waals surface area contributed by atoms with E-state index in [2.05, 4.69) is 5.32 Å². The van der Waals surface area contributed by atoms with E-state index < -0.39 is 77.7 Å². The lowest BCUT2D eigenvalue weighted by molar-refractivity contribution is -0.496. The third kappa shape index (κ3) is 9.23. The maximum Gasteiger partial charge on any atom is 0.386 e. The summed E-state index contributed by atoms with van der Waals surface area (Å²) in [5.74, 6) is -19.6. The number of para-hydroxylation sites is 1. The van der Waals surface area contributed by atoms with Crippen LogP contribution in [-0.4, -0.2) is 110 Å². The second kappa shape index (κ2) is 16.5. The summed E-state index contributed by atoms with van der Waals surface area (Å²) in [5, 5.41) is 99.6. The summed E-state index contributed by atoms with van der Waals surface area (Å²) in [6.07, 6.45) is -2.10. The summed E-state index contributed by atoms with van der Waals surface area (Å²) in [6.45, 7) is 6.15. The Morgan fingerprint density at radius 1 is 0.833 bits per heavy atom. The van der Waals surface area contributed by atoms with Crippen molar-refractivity contribution in [1.29, 1.82) is 0 Å². The number of aliphatic hydroxyl groups is 9. The number of benzene rings is 3. The molecule has 1 heterocycles. The summed E-state index contributed by atoms with van der Waals surface area (Å²) < 4.78 is 5.41. The standard InChI is InChI=1S/C38H49N3O13/c1-22(2)31(41-34(45)40-37(50,51)36(48,49)38(41,52)53)33(44)39-28(19-26-16-9-6-10-17-26)21-29(42)27(18-25-14-7-5-8-15-25)20-30(43)35(46,47)54-32-23(3)12-11-13-24(32)4/h5-17,22,27-29,31,42,46-53H,18-21H2,1-4H3,(H,39,44)(H,40,45). The topological polar surface area (TPSA) is 270 Å². The minimum absolute atomic E-state index is 0.0389. The van der Waals surface area contributed by atoms with Crippen molar-refractivity contribution >= 4 is 17.7 Å². The van der Waals surface area contributed by atoms with Gasteiger partial charge in [0.15, 0.2) is 0 Å². The number of nitrogens with one attached hydrogen (secondary N) is 2. The van der Waals surface area contributed by atoms with Crippen molar-refractivity contribution < 1.29 is 65.1 Å². The first-order chi connectivity index (χ1) is 25.1. The average molecular weight is 756 g/mol. The van der Waals surface area contributed by atoms with Crippen LogP contribution in [0, 0.1) is 25.7 Å². The first-order valence-corrected chi connectivity index (χ1v) is 17.3. The lowest BCUT2D eigenvalue weighted by atomic mass is 9.85. The number of amides is 3. The molecule has 16 heteroatoms. The molecule has 1 aliphatic heterocycles. The molecule has 294 valence electrons. The Labute approximate surface area is 311 Å². The molecule has 3 amide bonds. The molecule has 0 aromatic heterocycles. The Morgan fingerprint density at radius 3 is 1.87 bits per heavy atom. The molecule has 54 heavy (non-hydrogen) atoms. The fourth-order valence-corrected chi connectivity index (χ4v) is 6.53. The maximum atomic E-state index is 14.0. The van der Waals surface area contributed by atoms with Gasteiger partial charge in [0.2, 0.25) is 11.7 Å². The van der Waals surface area contributed by atoms with Gasteiger partial charge in [-0.25, -0.2) is 4.79 Å². The van der Waals surface area contributed by atoms with Crippen LogP contribution in [-0.2, 0) is 22.4 Å². The molecule has 0 saturated carbocycles. The molecule has 1 aliphatic rings. The lowest BCUT2D eigenvalue weighted by Gasteiger charge is -2.53. The second-order valence-corrected chi connectivity index (χ2v) is 14.2. The minimum atomic E-state index is -4.21. The predicted octanol–water partition coefficient (Wildman–Crippen LogP) is -0.375. The molecule has 0 bridgehead atoms. The Bertz CT molecular complexity index is 1750. The number of hydrogen-bond donors (Lipinski definition) is 11. The highest BCUT2D eigenvalue weighted by Crippen LogP contribution is 2.36. The first kappa shape index (κ1) is 42.3. The van der Waals surface area contributed by atoms with Gasteiger partial charge < -0.3 is 56.0 Å². The Morgan fingerprint density at radius 2 is 1.35 bits per heavy atom. The van der Waals surface area contributed by atoms with Crippen molar-refractivity contribution in [2.24, 2.45) is 11.8 Å². The highest BCUT2D eigenvalue weighted by molar-refractivity contribution is 5.88. The molecular weight excluding hydrogens is 706 g/mol. The number of rotatable bonds is 16. The number of urea groups is 1. The number of ether oxygens (including phenoxy) is 1. The molecule has 0 radical (unpaired) electrons. The van der Waals surface area contributed by atoms with Crippen molar-refractivity contribution in [3.63, 3.8) is 0 Å². The smallest absolute Gasteiger partial charge is 0.386 e. The molecule has 3 aromatic carbocycles. The van der Waals surface area contributed by atoms with Gasteiger partial charge in [-0.1, -0.05) is 92.7 Å². The van der Waals surface area contributed by atoms with Crippen molar-refractivity contribution in [3.8, 4) is 5.75 Å². The van der Waals surface area contributed by atoms with Gasteiger partial charge >= 0.3 is 29.6 Å². The van der Waals surface area contributed by atoms with Gasteiger partial charge in [0.1, 0.15) is 11.8 Å². The number of ketones is 1. The van der Waals surface area contributed by atoms with Gasteiger partial charge in [0.25, 0.3) is 0 Å². The van der Waals surface area contributed by atoms with Crippen LogP contribution >= 0.6 is 0 Å². The first-order valence-electron chi connectivity index (χ1n) is 17.3. The summed E-state index contributed by atoms with van der Waals surface area (Å²) in [6, 6.07) is 18.1. The Balaban J connectivity index is 1.65. The Kier molecular flexibility index (Phi) is 12.9. The lowest BCUT2D eigenvalue weighted by Crippen LogP contribution is -2.86. The molecule has 4 atom stereocenters. The number of carbonyl (C=O) groups excluding carboxylic acids is 3. The van der Waals surface area contributed by atoms with E-state index in [0.717, 1.165) is 0 Å². The summed E-state index contributed by atoms with van der Waals surface area (Å²) in [5.41, 5.74) is 2.48. The number of aliphatic hydroxyl groups excluding tert-OH is 1. The summed E-state index contributed by atoms with van der Waals surface area (Å²) >= 11 is 0. The third-order valence-electron chi connectivity index (χ3n) is 9.51. The molecule has 16 nitrogen and oxygen atoms in total. The summed E-state index contributed by atoms with van der Waals surface area (Å²) in [7, 11) is 0. The van der Waals surface area contributed by atoms with Crippen LogP contribution in [0.15, 0.2) is 78.9 Å². The molecule has 3 aromatic rings. The van der Waals surface area contributed by atoms with E-state index in [4.69, 9.17) is 4.74 Å². The molecule has 1 saturated heterocycles. The molecule has 0 spiro atoms. The SMILES string of the molecule is Cc1cccc(C)c1OC(O)(O)C(=O)CC(Cc1ccccc1)C(O)CC(Cc1ccccc1)NC(=O)C(C(C)C)N1C(=O)NC(O)(O)C(O)(O)C1(O)O. The molecular formula is C38H49N3O13. The van der Waals surface area contributed by atoms with Gasteiger partial charge in [0, 0.05) is 12.5 Å². The van der Waals surface area contributed by atoms with E-state index in [1.165, 1.54) is 19.2 Å². The van der Waals surface area contributed by atoms with Gasteiger partial charge in [-0.15, -0.1) is 0 Å². The van der Waals surface area contributed by atoms with Crippen molar-refractivity contribution in [1.82, 2.24) is 15.5 Å². The zero-order chi connectivity index (χ0) is 40.2. The van der Waals surface area contributed by atoms with Crippen LogP contribution in [0.1, 0.15) is 48.9 Å². The quantitative estimate of drug-likeness (QED) is 0.0834. The molecule has 0 aliphatic carbocycles. The number of carbonyl (C=O) groups is 3. The van der Waals surface area contributed by atoms with Crippen LogP contribution in [0.4, 0.5) is 4.79 Å². The number of Topliss-reactive ketones (excluding diaryl/α,β-unsaturated/α-hetero) is 1. The van der Waals surface area contributed by atoms with E-state index in [0.29, 0.717) is 22.3 Å². The zero-order valence-electron chi connectivity index (χ0n) is 30.3. The highest BCUT2D eigenvalue weighted by Gasteiger charge is 2.72. The predicted molar refractivity (Wildman–Crippen MR) is 190 cm³/mol. The largest absolute Gasteiger partial charge is 0.433 e. The molecule has 11 N–H and O–H groups in total. The molecule has 1 fully saturated rings. The Hall–Kier alpha value is -4.49. The van der Waals surface area contributed by atoms with Crippen LogP contribution in [0.2, 0.25) is 0 Å². The third-order valence-corrected chi connectivity index (χ3v) is 9.51. The molecule has 4 unspecified atom stereocenters. The van der Waals surface area contributed by atoms with E-state index in [9.17, 15) is 60.3 Å². The second-order valence-electron chi connectivity index (χ2n) is 14.2. The van der Waals surface area contributed by atoms with E-state index >= 15 is 0 Å². The zero-order valence-corrected chi connectivity index (χ0v) is 30.3. The van der Waals surface area contributed by atoms with E-state index in [1.54, 1.807) is 92.7 Å².